The smallest absolute Gasteiger partial charge is 0.278 e. The Bertz CT molecular complexity index is 1320. The summed E-state index contributed by atoms with van der Waals surface area (Å²) < 4.78 is 26.9. The lowest BCUT2D eigenvalue weighted by Gasteiger charge is -2.11. The number of nitro benzene ring substituents is 1. The lowest BCUT2D eigenvalue weighted by atomic mass is 10.0. The first-order valence-corrected chi connectivity index (χ1v) is 9.19. The second-order valence-corrected chi connectivity index (χ2v) is 7.06. The Balaban J connectivity index is 1.87. The van der Waals surface area contributed by atoms with Gasteiger partial charge in [-0.25, -0.2) is 18.7 Å². The predicted octanol–water partition coefficient (Wildman–Crippen LogP) is 6.53. The van der Waals surface area contributed by atoms with Crippen molar-refractivity contribution in [1.29, 1.82) is 0 Å². The van der Waals surface area contributed by atoms with E-state index in [-0.39, 0.29) is 27.1 Å². The zero-order chi connectivity index (χ0) is 21.4. The molecule has 10 heteroatoms. The highest BCUT2D eigenvalue weighted by Crippen LogP contribution is 2.37. The summed E-state index contributed by atoms with van der Waals surface area (Å²) in [5.41, 5.74) is 1.21. The van der Waals surface area contributed by atoms with Crippen LogP contribution in [0.4, 0.5) is 26.0 Å². The van der Waals surface area contributed by atoms with Crippen LogP contribution in [-0.2, 0) is 0 Å². The van der Waals surface area contributed by atoms with E-state index in [1.54, 1.807) is 0 Å². The van der Waals surface area contributed by atoms with Gasteiger partial charge in [0, 0.05) is 17.1 Å². The van der Waals surface area contributed by atoms with Gasteiger partial charge in [-0.3, -0.25) is 10.1 Å². The molecule has 0 spiro atoms. The van der Waals surface area contributed by atoms with Gasteiger partial charge in [-0.15, -0.1) is 0 Å². The van der Waals surface area contributed by atoms with Gasteiger partial charge in [-0.05, 0) is 42.0 Å². The number of aromatic nitrogens is 2. The second-order valence-electron chi connectivity index (χ2n) is 6.25. The minimum absolute atomic E-state index is 0.0835. The van der Waals surface area contributed by atoms with Crippen LogP contribution in [0.25, 0.3) is 22.0 Å². The fraction of sp³-hybridized carbons (Fsp3) is 0. The van der Waals surface area contributed by atoms with Crippen molar-refractivity contribution >= 4 is 51.3 Å². The standard InChI is InChI=1S/C20H10Cl2F2N4O2/c21-14-5-10(1-3-16(14)23)12-7-18-13(8-19(12)28(29)30)20(26-9-25-18)27-11-2-4-17(24)15(22)6-11/h1-9H,(H,25,26,27). The highest BCUT2D eigenvalue weighted by Gasteiger charge is 2.20. The topological polar surface area (TPSA) is 81.0 Å². The summed E-state index contributed by atoms with van der Waals surface area (Å²) in [6, 6.07) is 10.7. The van der Waals surface area contributed by atoms with E-state index in [1.807, 2.05) is 0 Å². The first kappa shape index (κ1) is 19.9. The van der Waals surface area contributed by atoms with Gasteiger partial charge in [0.25, 0.3) is 5.69 Å². The molecule has 4 rings (SSSR count). The maximum atomic E-state index is 13.5. The first-order chi connectivity index (χ1) is 14.3. The van der Waals surface area contributed by atoms with E-state index in [2.05, 4.69) is 15.3 Å². The Morgan fingerprint density at radius 2 is 1.63 bits per heavy atom. The molecule has 0 unspecified atom stereocenters. The van der Waals surface area contributed by atoms with Crippen molar-refractivity contribution in [2.45, 2.75) is 0 Å². The third kappa shape index (κ3) is 3.74. The number of anilines is 2. The summed E-state index contributed by atoms with van der Waals surface area (Å²) in [4.78, 5) is 19.5. The van der Waals surface area contributed by atoms with Crippen molar-refractivity contribution in [3.8, 4) is 11.1 Å². The Hall–Kier alpha value is -3.36. The molecule has 150 valence electrons. The molecule has 0 fully saturated rings. The van der Waals surface area contributed by atoms with Crippen LogP contribution in [0.15, 0.2) is 54.9 Å². The summed E-state index contributed by atoms with van der Waals surface area (Å²) in [5.74, 6) is -0.932. The molecule has 0 aliphatic rings. The zero-order valence-corrected chi connectivity index (χ0v) is 16.4. The number of hydrogen-bond acceptors (Lipinski definition) is 5. The van der Waals surface area contributed by atoms with Crippen LogP contribution in [0.5, 0.6) is 0 Å². The van der Waals surface area contributed by atoms with Crippen LogP contribution in [0.2, 0.25) is 10.0 Å². The maximum absolute atomic E-state index is 13.5. The number of benzene rings is 3. The molecular formula is C20H10Cl2F2N4O2. The molecule has 4 aromatic rings. The van der Waals surface area contributed by atoms with Crippen LogP contribution in [-0.4, -0.2) is 14.9 Å². The summed E-state index contributed by atoms with van der Waals surface area (Å²) in [6.07, 6.45) is 1.28. The molecule has 1 N–H and O–H groups in total. The van der Waals surface area contributed by atoms with E-state index >= 15 is 0 Å². The number of nitrogens with zero attached hydrogens (tertiary/aromatic N) is 3. The Labute approximate surface area is 178 Å². The third-order valence-electron chi connectivity index (χ3n) is 4.36. The van der Waals surface area contributed by atoms with Crippen molar-refractivity contribution in [1.82, 2.24) is 9.97 Å². The van der Waals surface area contributed by atoms with Crippen LogP contribution in [0.1, 0.15) is 0 Å². The van der Waals surface area contributed by atoms with Gasteiger partial charge >= 0.3 is 0 Å². The van der Waals surface area contributed by atoms with Crippen molar-refractivity contribution in [2.24, 2.45) is 0 Å². The van der Waals surface area contributed by atoms with Gasteiger partial charge in [-0.2, -0.15) is 0 Å². The summed E-state index contributed by atoms with van der Waals surface area (Å²) >= 11 is 11.6. The third-order valence-corrected chi connectivity index (χ3v) is 4.94. The van der Waals surface area contributed by atoms with E-state index < -0.39 is 16.6 Å². The monoisotopic (exact) mass is 446 g/mol. The Kier molecular flexibility index (Phi) is 5.19. The molecule has 6 nitrogen and oxygen atoms in total. The van der Waals surface area contributed by atoms with Crippen molar-refractivity contribution in [3.05, 3.63) is 86.7 Å². The number of fused-ring (bicyclic) bond motifs is 1. The predicted molar refractivity (Wildman–Crippen MR) is 111 cm³/mol. The fourth-order valence-corrected chi connectivity index (χ4v) is 3.31. The zero-order valence-electron chi connectivity index (χ0n) is 14.9. The van der Waals surface area contributed by atoms with Crippen molar-refractivity contribution < 1.29 is 13.7 Å². The SMILES string of the molecule is O=[N+]([O-])c1cc2c(Nc3ccc(F)c(Cl)c3)ncnc2cc1-c1ccc(F)c(Cl)c1. The van der Waals surface area contributed by atoms with E-state index in [0.29, 0.717) is 22.2 Å². The second kappa shape index (κ2) is 7.81. The van der Waals surface area contributed by atoms with E-state index in [0.717, 1.165) is 6.07 Å². The van der Waals surface area contributed by atoms with Crippen molar-refractivity contribution in [3.63, 3.8) is 0 Å². The lowest BCUT2D eigenvalue weighted by molar-refractivity contribution is -0.384. The highest BCUT2D eigenvalue weighted by atomic mass is 35.5. The average Bonchev–Trinajstić information content (AvgIpc) is 2.72. The largest absolute Gasteiger partial charge is 0.340 e. The quantitative estimate of drug-likeness (QED) is 0.284. The molecule has 0 bridgehead atoms. The normalized spacial score (nSPS) is 10.9. The Morgan fingerprint density at radius 3 is 2.30 bits per heavy atom. The Morgan fingerprint density at radius 1 is 0.933 bits per heavy atom. The summed E-state index contributed by atoms with van der Waals surface area (Å²) in [7, 11) is 0. The molecule has 0 aliphatic carbocycles. The van der Waals surface area contributed by atoms with Crippen LogP contribution >= 0.6 is 23.2 Å². The molecule has 0 saturated carbocycles. The van der Waals surface area contributed by atoms with Crippen LogP contribution < -0.4 is 5.32 Å². The number of rotatable bonds is 4. The first-order valence-electron chi connectivity index (χ1n) is 8.44. The molecule has 1 heterocycles. The molecule has 0 radical (unpaired) electrons. The number of nitro groups is 1. The van der Waals surface area contributed by atoms with Gasteiger partial charge in [0.15, 0.2) is 0 Å². The van der Waals surface area contributed by atoms with Gasteiger partial charge in [0.2, 0.25) is 0 Å². The van der Waals surface area contributed by atoms with Gasteiger partial charge in [0.1, 0.15) is 23.8 Å². The van der Waals surface area contributed by atoms with Crippen LogP contribution in [0.3, 0.4) is 0 Å². The molecule has 3 aromatic carbocycles. The molecule has 0 saturated heterocycles. The number of halogens is 4. The minimum Gasteiger partial charge on any atom is -0.340 e. The molecule has 30 heavy (non-hydrogen) atoms. The lowest BCUT2D eigenvalue weighted by Crippen LogP contribution is -1.99. The number of hydrogen-bond donors (Lipinski definition) is 1. The fourth-order valence-electron chi connectivity index (χ4n) is 2.95. The molecule has 0 amide bonds. The molecular weight excluding hydrogens is 437 g/mol. The number of nitrogens with one attached hydrogen (secondary N) is 1. The molecule has 1 aromatic heterocycles. The average molecular weight is 447 g/mol. The minimum atomic E-state index is -0.629. The van der Waals surface area contributed by atoms with Crippen LogP contribution in [0, 0.1) is 21.7 Å². The van der Waals surface area contributed by atoms with E-state index in [4.69, 9.17) is 23.2 Å². The van der Waals surface area contributed by atoms with E-state index in [1.165, 1.54) is 48.8 Å². The summed E-state index contributed by atoms with van der Waals surface area (Å²) in [6.45, 7) is 0. The summed E-state index contributed by atoms with van der Waals surface area (Å²) in [5, 5.41) is 14.8. The molecule has 0 atom stereocenters. The maximum Gasteiger partial charge on any atom is 0.278 e. The van der Waals surface area contributed by atoms with E-state index in [9.17, 15) is 18.9 Å². The van der Waals surface area contributed by atoms with Gasteiger partial charge in [0.05, 0.1) is 26.0 Å². The van der Waals surface area contributed by atoms with Gasteiger partial charge in [-0.1, -0.05) is 29.3 Å². The van der Waals surface area contributed by atoms with Gasteiger partial charge < -0.3 is 5.32 Å². The van der Waals surface area contributed by atoms with Crippen molar-refractivity contribution in [2.75, 3.05) is 5.32 Å². The molecule has 0 aliphatic heterocycles. The highest BCUT2D eigenvalue weighted by molar-refractivity contribution is 6.31.